The third kappa shape index (κ3) is 5.32. The van der Waals surface area contributed by atoms with Gasteiger partial charge in [-0.05, 0) is 17.7 Å². The smallest absolute Gasteiger partial charge is 0.352 e. The van der Waals surface area contributed by atoms with Crippen molar-refractivity contribution in [2.75, 3.05) is 24.3 Å². The highest BCUT2D eigenvalue weighted by Gasteiger charge is 2.54. The predicted octanol–water partition coefficient (Wildman–Crippen LogP) is 1.40. The molecule has 4 N–H and O–H groups in total. The van der Waals surface area contributed by atoms with Crippen LogP contribution >= 0.6 is 47.3 Å². The second-order valence-corrected chi connectivity index (χ2v) is 9.81. The van der Waals surface area contributed by atoms with Gasteiger partial charge in [-0.2, -0.15) is 0 Å². The number of carboxylic acid groups (broad SMARTS) is 1. The number of rotatable bonds is 8. The molecule has 0 radical (unpaired) electrons. The number of hydrogen-bond donors (Lipinski definition) is 3. The number of thioether (sulfide) groups is 2. The minimum atomic E-state index is -1.29. The molecule has 0 aromatic carbocycles. The summed E-state index contributed by atoms with van der Waals surface area (Å²) < 4.78 is 5.05. The molecule has 0 bridgehead atoms. The number of carboxylic acids is 1. The maximum atomic E-state index is 12.8. The number of carbonyl (C=O) groups excluding carboxylic acids is 3. The van der Waals surface area contributed by atoms with Crippen LogP contribution < -0.4 is 11.1 Å². The van der Waals surface area contributed by atoms with E-state index in [0.717, 1.165) is 28.0 Å². The molecule has 2 aromatic heterocycles. The summed E-state index contributed by atoms with van der Waals surface area (Å²) in [6.45, 7) is 0. The third-order valence-corrected chi connectivity index (χ3v) is 7.77. The van der Waals surface area contributed by atoms with Crippen LogP contribution in [0.2, 0.25) is 0 Å². The van der Waals surface area contributed by atoms with Crippen molar-refractivity contribution in [2.45, 2.75) is 11.4 Å². The summed E-state index contributed by atoms with van der Waals surface area (Å²) in [5.74, 6) is -2.08. The van der Waals surface area contributed by atoms with Crippen molar-refractivity contribution < 1.29 is 33.5 Å². The number of nitrogen functional groups attached to an aromatic ring is 1. The van der Waals surface area contributed by atoms with Gasteiger partial charge in [0.2, 0.25) is 0 Å². The number of furan rings is 1. The molecular weight excluding hydrogens is 542 g/mol. The van der Waals surface area contributed by atoms with Crippen LogP contribution in [0.4, 0.5) is 5.13 Å². The molecule has 4 heterocycles. The number of β-lactam (4-membered cyclic amide) rings is 1. The summed E-state index contributed by atoms with van der Waals surface area (Å²) in [5.41, 5.74) is 5.89. The summed E-state index contributed by atoms with van der Waals surface area (Å²) in [6.07, 6.45) is 1.37. The highest BCUT2D eigenvalue weighted by atomic mass is 35.5. The number of hydrogen-bond acceptors (Lipinski definition) is 12. The largest absolute Gasteiger partial charge is 0.477 e. The van der Waals surface area contributed by atoms with E-state index in [9.17, 15) is 24.3 Å². The lowest BCUT2D eigenvalue weighted by molar-refractivity contribution is -0.150. The van der Waals surface area contributed by atoms with Gasteiger partial charge in [-0.25, -0.2) is 9.78 Å². The van der Waals surface area contributed by atoms with Gasteiger partial charge in [0.15, 0.2) is 16.6 Å². The zero-order valence-corrected chi connectivity index (χ0v) is 21.1. The van der Waals surface area contributed by atoms with Gasteiger partial charge in [-0.1, -0.05) is 16.9 Å². The van der Waals surface area contributed by atoms with Crippen molar-refractivity contribution in [3.8, 4) is 0 Å². The van der Waals surface area contributed by atoms with Gasteiger partial charge in [0.25, 0.3) is 16.9 Å². The van der Waals surface area contributed by atoms with Crippen LogP contribution in [0.15, 0.2) is 44.6 Å². The molecule has 12 nitrogen and oxygen atoms in total. The van der Waals surface area contributed by atoms with Crippen LogP contribution in [-0.4, -0.2) is 73.6 Å². The monoisotopic (exact) mass is 559 g/mol. The van der Waals surface area contributed by atoms with Crippen LogP contribution in [0.25, 0.3) is 0 Å². The van der Waals surface area contributed by atoms with E-state index in [0.29, 0.717) is 5.57 Å². The molecular formula is C19H18ClN5O7S3. The van der Waals surface area contributed by atoms with Gasteiger partial charge in [-0.3, -0.25) is 19.3 Å². The number of thiazole rings is 1. The Labute approximate surface area is 216 Å². The maximum absolute atomic E-state index is 12.8. The number of fused-ring (bicyclic) bond motifs is 1. The first kappa shape index (κ1) is 26.6. The SMILES string of the molecule is CO/N=C(/C(=O)N[C@@H]1C(=O)N2C(C(=O)O)=C(CSC(=O)c3ccco3)CS[C@H]12)c1csc(N)n1.Cl. The average molecular weight is 560 g/mol. The summed E-state index contributed by atoms with van der Waals surface area (Å²) in [5, 5.41) is 16.8. The molecule has 0 unspecified atom stereocenters. The third-order valence-electron chi connectivity index (χ3n) is 4.80. The van der Waals surface area contributed by atoms with Gasteiger partial charge in [0.1, 0.15) is 29.9 Å². The van der Waals surface area contributed by atoms with Crippen molar-refractivity contribution in [1.29, 1.82) is 0 Å². The quantitative estimate of drug-likeness (QED) is 0.242. The summed E-state index contributed by atoms with van der Waals surface area (Å²) >= 11 is 3.29. The second kappa shape index (κ2) is 11.2. The first-order valence-corrected chi connectivity index (χ1v) is 12.5. The topological polar surface area (TPSA) is 177 Å². The maximum Gasteiger partial charge on any atom is 0.352 e. The molecule has 2 aromatic rings. The summed E-state index contributed by atoms with van der Waals surface area (Å²) in [7, 11) is 1.26. The van der Waals surface area contributed by atoms with E-state index in [-0.39, 0.29) is 57.0 Å². The first-order valence-electron chi connectivity index (χ1n) is 9.55. The van der Waals surface area contributed by atoms with Crippen molar-refractivity contribution in [2.24, 2.45) is 5.16 Å². The predicted molar refractivity (Wildman–Crippen MR) is 133 cm³/mol. The van der Waals surface area contributed by atoms with Crippen LogP contribution in [0.3, 0.4) is 0 Å². The Morgan fingerprint density at radius 2 is 2.23 bits per heavy atom. The van der Waals surface area contributed by atoms with E-state index < -0.39 is 29.2 Å². The molecule has 4 rings (SSSR count). The highest BCUT2D eigenvalue weighted by molar-refractivity contribution is 8.14. The van der Waals surface area contributed by atoms with Gasteiger partial charge >= 0.3 is 5.97 Å². The number of nitrogens with zero attached hydrogens (tertiary/aromatic N) is 3. The lowest BCUT2D eigenvalue weighted by atomic mass is 10.0. The Bertz CT molecular complexity index is 1210. The van der Waals surface area contributed by atoms with E-state index in [1.807, 2.05) is 0 Å². The Hall–Kier alpha value is -3.01. The van der Waals surface area contributed by atoms with Crippen LogP contribution in [0.5, 0.6) is 0 Å². The Kier molecular flexibility index (Phi) is 8.47. The number of amides is 2. The number of halogens is 1. The number of anilines is 1. The number of aromatic nitrogens is 1. The molecule has 2 amide bonds. The lowest BCUT2D eigenvalue weighted by Gasteiger charge is -2.49. The molecule has 2 aliphatic rings. The van der Waals surface area contributed by atoms with Gasteiger partial charge in [-0.15, -0.1) is 35.5 Å². The number of aliphatic carboxylic acids is 1. The van der Waals surface area contributed by atoms with E-state index >= 15 is 0 Å². The Morgan fingerprint density at radius 1 is 1.46 bits per heavy atom. The zero-order valence-electron chi connectivity index (χ0n) is 17.8. The number of oxime groups is 1. The molecule has 2 atom stereocenters. The van der Waals surface area contributed by atoms with Gasteiger partial charge in [0, 0.05) is 16.9 Å². The van der Waals surface area contributed by atoms with E-state index in [1.165, 1.54) is 36.6 Å². The fourth-order valence-electron chi connectivity index (χ4n) is 3.31. The standard InChI is InChI=1S/C19H17N5O7S3.ClH/c1-30-23-11(9-7-34-19(20)21-9)14(25)22-12-15(26)24-13(17(27)28)8(5-32-16(12)24)6-33-18(29)10-3-2-4-31-10;/h2-4,7,12,16H,5-6H2,1H3,(H2,20,21)(H,22,25)(H,27,28);1H/b23-11+;/t12-,16-;/m1./s1. The minimum Gasteiger partial charge on any atom is -0.477 e. The fraction of sp³-hybridized carbons (Fsp3) is 0.263. The Balaban J connectivity index is 0.00000342. The lowest BCUT2D eigenvalue weighted by Crippen LogP contribution is -2.71. The fourth-order valence-corrected chi connectivity index (χ4v) is 6.14. The number of carbonyl (C=O) groups is 4. The highest BCUT2D eigenvalue weighted by Crippen LogP contribution is 2.41. The normalized spacial score (nSPS) is 19.4. The van der Waals surface area contributed by atoms with E-state index in [1.54, 1.807) is 6.07 Å². The molecule has 1 fully saturated rings. The van der Waals surface area contributed by atoms with Crippen molar-refractivity contribution in [3.63, 3.8) is 0 Å². The molecule has 0 saturated carbocycles. The van der Waals surface area contributed by atoms with E-state index in [2.05, 4.69) is 15.5 Å². The first-order chi connectivity index (χ1) is 16.3. The molecule has 0 aliphatic carbocycles. The van der Waals surface area contributed by atoms with E-state index in [4.69, 9.17) is 15.0 Å². The number of nitrogens with two attached hydrogens (primary N) is 1. The van der Waals surface area contributed by atoms with Crippen molar-refractivity contribution in [1.82, 2.24) is 15.2 Å². The number of nitrogens with one attached hydrogen (secondary N) is 1. The van der Waals surface area contributed by atoms with Crippen LogP contribution in [0.1, 0.15) is 16.2 Å². The molecule has 2 aliphatic heterocycles. The van der Waals surface area contributed by atoms with Crippen LogP contribution in [-0.2, 0) is 19.2 Å². The average Bonchev–Trinajstić information content (AvgIpc) is 3.50. The minimum absolute atomic E-state index is 0. The Morgan fingerprint density at radius 3 is 2.83 bits per heavy atom. The zero-order chi connectivity index (χ0) is 24.4. The van der Waals surface area contributed by atoms with Gasteiger partial charge in [0.05, 0.1) is 6.26 Å². The molecule has 186 valence electrons. The molecule has 16 heteroatoms. The van der Waals surface area contributed by atoms with Gasteiger partial charge < -0.3 is 25.4 Å². The molecule has 1 saturated heterocycles. The van der Waals surface area contributed by atoms with Crippen LogP contribution in [0, 0.1) is 0 Å². The van der Waals surface area contributed by atoms with Crippen molar-refractivity contribution >= 4 is 81.0 Å². The second-order valence-electron chi connectivity index (χ2n) is 6.87. The molecule has 35 heavy (non-hydrogen) atoms. The molecule has 0 spiro atoms. The summed E-state index contributed by atoms with van der Waals surface area (Å²) in [4.78, 5) is 59.6. The van der Waals surface area contributed by atoms with Crippen molar-refractivity contribution in [3.05, 3.63) is 46.5 Å². The summed E-state index contributed by atoms with van der Waals surface area (Å²) in [6, 6.07) is 2.13.